The molecule has 0 heterocycles. The van der Waals surface area contributed by atoms with Gasteiger partial charge in [-0.2, -0.15) is 5.26 Å². The number of hydrogen-bond donors (Lipinski definition) is 1. The van der Waals surface area contributed by atoms with Crippen LogP contribution in [0.3, 0.4) is 0 Å². The summed E-state index contributed by atoms with van der Waals surface area (Å²) in [7, 11) is -3.54. The molecule has 102 valence electrons. The maximum Gasteiger partial charge on any atom is 0.241 e. The van der Waals surface area contributed by atoms with Crippen LogP contribution in [0.4, 0.5) is 0 Å². The molecule has 1 unspecified atom stereocenters. The van der Waals surface area contributed by atoms with Gasteiger partial charge < -0.3 is 0 Å². The van der Waals surface area contributed by atoms with E-state index in [1.165, 1.54) is 0 Å². The molecule has 1 atom stereocenters. The Labute approximate surface area is 118 Å². The molecule has 1 N–H and O–H groups in total. The lowest BCUT2D eigenvalue weighted by molar-refractivity contribution is 0.567. The van der Waals surface area contributed by atoms with Crippen LogP contribution in [0.25, 0.3) is 0 Å². The van der Waals surface area contributed by atoms with Crippen molar-refractivity contribution in [3.05, 3.63) is 65.7 Å². The molecule has 0 amide bonds. The second-order valence-electron chi connectivity index (χ2n) is 4.39. The molecular formula is C15H14N2O2S. The maximum absolute atomic E-state index is 12.2. The average Bonchev–Trinajstić information content (AvgIpc) is 2.48. The van der Waals surface area contributed by atoms with E-state index >= 15 is 0 Å². The Morgan fingerprint density at radius 3 is 2.20 bits per heavy atom. The standard InChI is InChI=1S/C15H14N2O2S/c1-12(14-9-7-13(11-16)8-10-14)17-20(18,19)15-5-3-2-4-6-15/h2-10,12,17H,1H3. The second kappa shape index (κ2) is 5.87. The summed E-state index contributed by atoms with van der Waals surface area (Å²) in [5.41, 5.74) is 1.36. The molecule has 5 heteroatoms. The van der Waals surface area contributed by atoms with Gasteiger partial charge in [-0.25, -0.2) is 13.1 Å². The van der Waals surface area contributed by atoms with Crippen molar-refractivity contribution in [2.24, 2.45) is 0 Å². The number of nitrogens with zero attached hydrogens (tertiary/aromatic N) is 1. The van der Waals surface area contributed by atoms with E-state index in [9.17, 15) is 8.42 Å². The molecule has 4 nitrogen and oxygen atoms in total. The van der Waals surface area contributed by atoms with E-state index in [1.54, 1.807) is 61.5 Å². The van der Waals surface area contributed by atoms with Crippen LogP contribution >= 0.6 is 0 Å². The Kier molecular flexibility index (Phi) is 4.18. The Balaban J connectivity index is 2.19. The molecule has 0 fully saturated rings. The molecule has 0 saturated carbocycles. The highest BCUT2D eigenvalue weighted by Crippen LogP contribution is 2.17. The summed E-state index contributed by atoms with van der Waals surface area (Å²) in [6.45, 7) is 1.77. The fraction of sp³-hybridized carbons (Fsp3) is 0.133. The minimum Gasteiger partial charge on any atom is -0.207 e. The maximum atomic E-state index is 12.2. The van der Waals surface area contributed by atoms with Gasteiger partial charge in [-0.1, -0.05) is 30.3 Å². The SMILES string of the molecule is CC(NS(=O)(=O)c1ccccc1)c1ccc(C#N)cc1. The van der Waals surface area contributed by atoms with Gasteiger partial charge in [0, 0.05) is 6.04 Å². The summed E-state index contributed by atoms with van der Waals surface area (Å²) in [5.74, 6) is 0. The van der Waals surface area contributed by atoms with Gasteiger partial charge in [0.2, 0.25) is 10.0 Å². The lowest BCUT2D eigenvalue weighted by atomic mass is 10.1. The van der Waals surface area contributed by atoms with E-state index in [-0.39, 0.29) is 10.9 Å². The second-order valence-corrected chi connectivity index (χ2v) is 6.10. The van der Waals surface area contributed by atoms with Crippen molar-refractivity contribution in [2.75, 3.05) is 0 Å². The van der Waals surface area contributed by atoms with Crippen LogP contribution in [0, 0.1) is 11.3 Å². The number of rotatable bonds is 4. The number of nitrogens with one attached hydrogen (secondary N) is 1. The van der Waals surface area contributed by atoms with Crippen LogP contribution in [-0.2, 0) is 10.0 Å². The van der Waals surface area contributed by atoms with Gasteiger partial charge in [0.05, 0.1) is 16.5 Å². The van der Waals surface area contributed by atoms with Crippen molar-refractivity contribution in [3.8, 4) is 6.07 Å². The van der Waals surface area contributed by atoms with Crippen LogP contribution < -0.4 is 4.72 Å². The third-order valence-electron chi connectivity index (χ3n) is 2.93. The Morgan fingerprint density at radius 1 is 1.05 bits per heavy atom. The van der Waals surface area contributed by atoms with Crippen LogP contribution in [0.15, 0.2) is 59.5 Å². The summed E-state index contributed by atoms with van der Waals surface area (Å²) in [6, 6.07) is 16.7. The van der Waals surface area contributed by atoms with Crippen LogP contribution in [0.5, 0.6) is 0 Å². The first-order chi connectivity index (χ1) is 9.53. The van der Waals surface area contributed by atoms with E-state index < -0.39 is 10.0 Å². The minimum absolute atomic E-state index is 0.237. The first-order valence-electron chi connectivity index (χ1n) is 6.10. The van der Waals surface area contributed by atoms with Crippen molar-refractivity contribution in [1.82, 2.24) is 4.72 Å². The molecule has 0 saturated heterocycles. The Morgan fingerprint density at radius 2 is 1.65 bits per heavy atom. The zero-order chi connectivity index (χ0) is 14.6. The first kappa shape index (κ1) is 14.3. The van der Waals surface area contributed by atoms with Gasteiger partial charge in [0.15, 0.2) is 0 Å². The van der Waals surface area contributed by atoms with Gasteiger partial charge in [-0.15, -0.1) is 0 Å². The molecule has 0 aliphatic rings. The molecule has 0 radical (unpaired) electrons. The highest BCUT2D eigenvalue weighted by molar-refractivity contribution is 7.89. The molecule has 2 aromatic rings. The van der Waals surface area contributed by atoms with E-state index in [0.717, 1.165) is 5.56 Å². The van der Waals surface area contributed by atoms with E-state index in [1.807, 2.05) is 6.07 Å². The molecule has 2 aromatic carbocycles. The summed E-state index contributed by atoms with van der Waals surface area (Å²) >= 11 is 0. The zero-order valence-corrected chi connectivity index (χ0v) is 11.8. The summed E-state index contributed by atoms with van der Waals surface area (Å²) in [6.07, 6.45) is 0. The van der Waals surface area contributed by atoms with Gasteiger partial charge in [0.1, 0.15) is 0 Å². The van der Waals surface area contributed by atoms with Crippen molar-refractivity contribution in [3.63, 3.8) is 0 Å². The predicted octanol–water partition coefficient (Wildman–Crippen LogP) is 2.60. The lowest BCUT2D eigenvalue weighted by Crippen LogP contribution is -2.26. The molecule has 0 spiro atoms. The lowest BCUT2D eigenvalue weighted by Gasteiger charge is -2.14. The zero-order valence-electron chi connectivity index (χ0n) is 10.9. The van der Waals surface area contributed by atoms with Crippen LogP contribution in [0.1, 0.15) is 24.1 Å². The average molecular weight is 286 g/mol. The molecule has 0 aromatic heterocycles. The smallest absolute Gasteiger partial charge is 0.207 e. The first-order valence-corrected chi connectivity index (χ1v) is 7.59. The fourth-order valence-electron chi connectivity index (χ4n) is 1.81. The highest BCUT2D eigenvalue weighted by Gasteiger charge is 2.17. The van der Waals surface area contributed by atoms with Crippen LogP contribution in [-0.4, -0.2) is 8.42 Å². The quantitative estimate of drug-likeness (QED) is 0.939. The highest BCUT2D eigenvalue weighted by atomic mass is 32.2. The third kappa shape index (κ3) is 3.23. The summed E-state index contributed by atoms with van der Waals surface area (Å²) < 4.78 is 27.0. The topological polar surface area (TPSA) is 70.0 Å². The van der Waals surface area contributed by atoms with Crippen molar-refractivity contribution >= 4 is 10.0 Å². The molecular weight excluding hydrogens is 272 g/mol. The Hall–Kier alpha value is -2.16. The number of sulfonamides is 1. The van der Waals surface area contributed by atoms with E-state index in [2.05, 4.69) is 4.72 Å². The monoisotopic (exact) mass is 286 g/mol. The predicted molar refractivity (Wildman–Crippen MR) is 76.3 cm³/mol. The van der Waals surface area contributed by atoms with Crippen LogP contribution in [0.2, 0.25) is 0 Å². The van der Waals surface area contributed by atoms with E-state index in [4.69, 9.17) is 5.26 Å². The number of hydrogen-bond acceptors (Lipinski definition) is 3. The molecule has 0 aliphatic heterocycles. The number of benzene rings is 2. The minimum atomic E-state index is -3.54. The molecule has 0 bridgehead atoms. The van der Waals surface area contributed by atoms with Gasteiger partial charge >= 0.3 is 0 Å². The fourth-order valence-corrected chi connectivity index (χ4v) is 3.07. The van der Waals surface area contributed by atoms with Crippen molar-refractivity contribution < 1.29 is 8.42 Å². The molecule has 2 rings (SSSR count). The van der Waals surface area contributed by atoms with Crippen molar-refractivity contribution in [2.45, 2.75) is 17.9 Å². The summed E-state index contributed by atoms with van der Waals surface area (Å²) in [4.78, 5) is 0.237. The van der Waals surface area contributed by atoms with Gasteiger partial charge in [-0.05, 0) is 36.8 Å². The summed E-state index contributed by atoms with van der Waals surface area (Å²) in [5, 5.41) is 8.74. The largest absolute Gasteiger partial charge is 0.241 e. The normalized spacial score (nSPS) is 12.6. The van der Waals surface area contributed by atoms with E-state index in [0.29, 0.717) is 5.56 Å². The third-order valence-corrected chi connectivity index (χ3v) is 4.48. The Bertz CT molecular complexity index is 717. The van der Waals surface area contributed by atoms with Gasteiger partial charge in [-0.3, -0.25) is 0 Å². The van der Waals surface area contributed by atoms with Crippen molar-refractivity contribution in [1.29, 1.82) is 5.26 Å². The molecule has 0 aliphatic carbocycles. The molecule has 20 heavy (non-hydrogen) atoms. The van der Waals surface area contributed by atoms with Gasteiger partial charge in [0.25, 0.3) is 0 Å². The number of nitriles is 1.